The summed E-state index contributed by atoms with van der Waals surface area (Å²) in [5.74, 6) is 0.219. The molecule has 1 aliphatic rings. The SMILES string of the molecule is C=C(C)COCCNCC(=O)N1CCCCCC1. The van der Waals surface area contributed by atoms with Crippen LogP contribution < -0.4 is 5.32 Å². The molecule has 0 spiro atoms. The van der Waals surface area contributed by atoms with Crippen molar-refractivity contribution in [2.24, 2.45) is 0 Å². The van der Waals surface area contributed by atoms with Gasteiger partial charge in [0.05, 0.1) is 19.8 Å². The molecule has 1 amide bonds. The molecule has 1 rings (SSSR count). The number of nitrogens with zero attached hydrogens (tertiary/aromatic N) is 1. The molecule has 4 nitrogen and oxygen atoms in total. The van der Waals surface area contributed by atoms with Gasteiger partial charge in [-0.05, 0) is 19.8 Å². The summed E-state index contributed by atoms with van der Waals surface area (Å²) in [5, 5.41) is 3.13. The first-order chi connectivity index (χ1) is 8.70. The van der Waals surface area contributed by atoms with Gasteiger partial charge >= 0.3 is 0 Å². The van der Waals surface area contributed by atoms with Crippen LogP contribution in [0.3, 0.4) is 0 Å². The Hall–Kier alpha value is -0.870. The molecule has 0 radical (unpaired) electrons. The molecule has 1 N–H and O–H groups in total. The molecule has 1 saturated heterocycles. The zero-order valence-electron chi connectivity index (χ0n) is 11.5. The normalized spacial score (nSPS) is 16.4. The highest BCUT2D eigenvalue weighted by molar-refractivity contribution is 5.78. The van der Waals surface area contributed by atoms with Crippen LogP contribution in [0.4, 0.5) is 0 Å². The first-order valence-electron chi connectivity index (χ1n) is 6.91. The van der Waals surface area contributed by atoms with Crippen molar-refractivity contribution in [3.63, 3.8) is 0 Å². The maximum atomic E-state index is 11.9. The van der Waals surface area contributed by atoms with Crippen LogP contribution in [0.15, 0.2) is 12.2 Å². The van der Waals surface area contributed by atoms with E-state index < -0.39 is 0 Å². The fourth-order valence-corrected chi connectivity index (χ4v) is 2.02. The quantitative estimate of drug-likeness (QED) is 0.554. The standard InChI is InChI=1S/C14H26N2O2/c1-13(2)12-18-10-7-15-11-14(17)16-8-5-3-4-6-9-16/h15H,1,3-12H2,2H3. The number of rotatable bonds is 7. The number of hydrogen-bond acceptors (Lipinski definition) is 3. The molecule has 0 aromatic rings. The fraction of sp³-hybridized carbons (Fsp3) is 0.786. The van der Waals surface area contributed by atoms with Crippen LogP contribution in [-0.2, 0) is 9.53 Å². The van der Waals surface area contributed by atoms with Crippen molar-refractivity contribution in [1.29, 1.82) is 0 Å². The smallest absolute Gasteiger partial charge is 0.236 e. The Morgan fingerprint density at radius 2 is 1.94 bits per heavy atom. The second kappa shape index (κ2) is 9.11. The average Bonchev–Trinajstić information content (AvgIpc) is 2.61. The third-order valence-electron chi connectivity index (χ3n) is 3.01. The van der Waals surface area contributed by atoms with Gasteiger partial charge in [0.25, 0.3) is 0 Å². The van der Waals surface area contributed by atoms with E-state index in [1.807, 2.05) is 11.8 Å². The second-order valence-corrected chi connectivity index (χ2v) is 4.98. The molecule has 0 aliphatic carbocycles. The van der Waals surface area contributed by atoms with E-state index in [0.717, 1.165) is 31.5 Å². The summed E-state index contributed by atoms with van der Waals surface area (Å²) in [4.78, 5) is 13.9. The fourth-order valence-electron chi connectivity index (χ4n) is 2.02. The Morgan fingerprint density at radius 1 is 1.28 bits per heavy atom. The first-order valence-corrected chi connectivity index (χ1v) is 6.91. The van der Waals surface area contributed by atoms with E-state index in [4.69, 9.17) is 4.74 Å². The van der Waals surface area contributed by atoms with Gasteiger partial charge in [-0.3, -0.25) is 4.79 Å². The maximum absolute atomic E-state index is 11.9. The number of nitrogens with one attached hydrogen (secondary N) is 1. The highest BCUT2D eigenvalue weighted by Crippen LogP contribution is 2.09. The van der Waals surface area contributed by atoms with Gasteiger partial charge in [-0.15, -0.1) is 0 Å². The van der Waals surface area contributed by atoms with Gasteiger partial charge in [0, 0.05) is 19.6 Å². The van der Waals surface area contributed by atoms with Crippen molar-refractivity contribution < 1.29 is 9.53 Å². The van der Waals surface area contributed by atoms with E-state index in [-0.39, 0.29) is 5.91 Å². The van der Waals surface area contributed by atoms with Gasteiger partial charge in [0.15, 0.2) is 0 Å². The molecule has 18 heavy (non-hydrogen) atoms. The number of likely N-dealkylation sites (tertiary alicyclic amines) is 1. The van der Waals surface area contributed by atoms with Crippen LogP contribution in [-0.4, -0.2) is 50.2 Å². The van der Waals surface area contributed by atoms with Gasteiger partial charge < -0.3 is 15.0 Å². The molecular weight excluding hydrogens is 228 g/mol. The van der Waals surface area contributed by atoms with Gasteiger partial charge in [-0.25, -0.2) is 0 Å². The second-order valence-electron chi connectivity index (χ2n) is 4.98. The number of amides is 1. The minimum Gasteiger partial charge on any atom is -0.376 e. The van der Waals surface area contributed by atoms with Crippen LogP contribution in [0.5, 0.6) is 0 Å². The summed E-state index contributed by atoms with van der Waals surface area (Å²) in [6.45, 7) is 9.92. The predicted octanol–water partition coefficient (Wildman–Crippen LogP) is 1.57. The summed E-state index contributed by atoms with van der Waals surface area (Å²) >= 11 is 0. The molecule has 0 aromatic heterocycles. The molecule has 0 bridgehead atoms. The monoisotopic (exact) mass is 254 g/mol. The van der Waals surface area contributed by atoms with E-state index >= 15 is 0 Å². The van der Waals surface area contributed by atoms with Crippen molar-refractivity contribution in [3.8, 4) is 0 Å². The molecule has 1 aliphatic heterocycles. The Bertz CT molecular complexity index is 259. The molecule has 0 atom stereocenters. The average molecular weight is 254 g/mol. The largest absolute Gasteiger partial charge is 0.376 e. The van der Waals surface area contributed by atoms with Crippen molar-refractivity contribution in [1.82, 2.24) is 10.2 Å². The Labute approximate surface area is 110 Å². The zero-order valence-corrected chi connectivity index (χ0v) is 11.5. The van der Waals surface area contributed by atoms with Crippen LogP contribution in [0.25, 0.3) is 0 Å². The molecule has 0 saturated carbocycles. The van der Waals surface area contributed by atoms with Crippen molar-refractivity contribution in [2.45, 2.75) is 32.6 Å². The lowest BCUT2D eigenvalue weighted by molar-refractivity contribution is -0.130. The summed E-state index contributed by atoms with van der Waals surface area (Å²) in [7, 11) is 0. The summed E-state index contributed by atoms with van der Waals surface area (Å²) in [6.07, 6.45) is 4.80. The maximum Gasteiger partial charge on any atom is 0.236 e. The molecule has 4 heteroatoms. The van der Waals surface area contributed by atoms with E-state index in [1.165, 1.54) is 12.8 Å². The van der Waals surface area contributed by atoms with Crippen molar-refractivity contribution in [3.05, 3.63) is 12.2 Å². The van der Waals surface area contributed by atoms with Crippen molar-refractivity contribution >= 4 is 5.91 Å². The lowest BCUT2D eigenvalue weighted by atomic mass is 10.2. The van der Waals surface area contributed by atoms with Crippen LogP contribution in [0.2, 0.25) is 0 Å². The first kappa shape index (κ1) is 15.2. The third-order valence-corrected chi connectivity index (χ3v) is 3.01. The number of ether oxygens (including phenoxy) is 1. The van der Waals surface area contributed by atoms with Gasteiger partial charge in [0.1, 0.15) is 0 Å². The lowest BCUT2D eigenvalue weighted by Gasteiger charge is -2.20. The van der Waals surface area contributed by atoms with E-state index in [2.05, 4.69) is 11.9 Å². The molecule has 1 fully saturated rings. The predicted molar refractivity (Wildman–Crippen MR) is 73.6 cm³/mol. The van der Waals surface area contributed by atoms with Crippen LogP contribution in [0.1, 0.15) is 32.6 Å². The minimum atomic E-state index is 0.219. The third kappa shape index (κ3) is 6.77. The summed E-state index contributed by atoms with van der Waals surface area (Å²) in [6, 6.07) is 0. The highest BCUT2D eigenvalue weighted by atomic mass is 16.5. The number of carbonyl (C=O) groups excluding carboxylic acids is 1. The summed E-state index contributed by atoms with van der Waals surface area (Å²) < 4.78 is 5.36. The van der Waals surface area contributed by atoms with Crippen LogP contribution >= 0.6 is 0 Å². The van der Waals surface area contributed by atoms with E-state index in [0.29, 0.717) is 26.3 Å². The Morgan fingerprint density at radius 3 is 2.56 bits per heavy atom. The molecule has 0 aromatic carbocycles. The molecule has 0 unspecified atom stereocenters. The molecule has 1 heterocycles. The Balaban J connectivity index is 2.03. The number of hydrogen-bond donors (Lipinski definition) is 1. The van der Waals surface area contributed by atoms with Crippen LogP contribution in [0, 0.1) is 0 Å². The Kier molecular flexibility index (Phi) is 7.69. The van der Waals surface area contributed by atoms with Gasteiger partial charge in [0.2, 0.25) is 5.91 Å². The van der Waals surface area contributed by atoms with Gasteiger partial charge in [-0.1, -0.05) is 25.0 Å². The van der Waals surface area contributed by atoms with E-state index in [9.17, 15) is 4.79 Å². The minimum absolute atomic E-state index is 0.219. The van der Waals surface area contributed by atoms with Crippen molar-refractivity contribution in [2.75, 3.05) is 39.4 Å². The van der Waals surface area contributed by atoms with Gasteiger partial charge in [-0.2, -0.15) is 0 Å². The molecule has 104 valence electrons. The molecular formula is C14H26N2O2. The lowest BCUT2D eigenvalue weighted by Crippen LogP contribution is -2.39. The zero-order chi connectivity index (χ0) is 13.2. The number of carbonyl (C=O) groups is 1. The topological polar surface area (TPSA) is 41.6 Å². The van der Waals surface area contributed by atoms with E-state index in [1.54, 1.807) is 0 Å². The summed E-state index contributed by atoms with van der Waals surface area (Å²) in [5.41, 5.74) is 1.02. The highest BCUT2D eigenvalue weighted by Gasteiger charge is 2.14.